The standard InChI is InChI=1S/C14H26N2O3/c1-4-5-11-6-7-16(9-11)14(19)15-12(13(17)18)8-10(2)3/h10-12H,4-9H2,1-3H3,(H,15,19)(H,17,18)/t11?,12-/m1/s1. The maximum Gasteiger partial charge on any atom is 0.326 e. The minimum Gasteiger partial charge on any atom is -0.480 e. The number of hydrogen-bond acceptors (Lipinski definition) is 2. The minimum atomic E-state index is -0.952. The fourth-order valence-corrected chi connectivity index (χ4v) is 2.59. The van der Waals surface area contributed by atoms with Crippen LogP contribution in [0.15, 0.2) is 0 Å². The molecule has 1 aliphatic heterocycles. The number of carboxylic acid groups (broad SMARTS) is 1. The van der Waals surface area contributed by atoms with Crippen LogP contribution in [-0.2, 0) is 4.79 Å². The molecule has 2 N–H and O–H groups in total. The van der Waals surface area contributed by atoms with Gasteiger partial charge in [-0.15, -0.1) is 0 Å². The number of carbonyl (C=O) groups excluding carboxylic acids is 1. The number of carboxylic acids is 1. The van der Waals surface area contributed by atoms with Crippen molar-refractivity contribution >= 4 is 12.0 Å². The van der Waals surface area contributed by atoms with E-state index in [1.807, 2.05) is 13.8 Å². The summed E-state index contributed by atoms with van der Waals surface area (Å²) in [4.78, 5) is 24.9. The van der Waals surface area contributed by atoms with E-state index in [2.05, 4.69) is 12.2 Å². The fraction of sp³-hybridized carbons (Fsp3) is 0.857. The molecule has 0 saturated carbocycles. The summed E-state index contributed by atoms with van der Waals surface area (Å²) < 4.78 is 0. The van der Waals surface area contributed by atoms with Crippen LogP contribution < -0.4 is 5.32 Å². The Morgan fingerprint density at radius 2 is 2.11 bits per heavy atom. The van der Waals surface area contributed by atoms with Gasteiger partial charge in [-0.1, -0.05) is 27.2 Å². The van der Waals surface area contributed by atoms with E-state index in [0.29, 0.717) is 12.3 Å². The average Bonchev–Trinajstić information content (AvgIpc) is 2.76. The SMILES string of the molecule is CCCC1CCN(C(=O)N[C@H](CC(C)C)C(=O)O)C1. The molecular weight excluding hydrogens is 244 g/mol. The van der Waals surface area contributed by atoms with Crippen molar-refractivity contribution in [3.63, 3.8) is 0 Å². The highest BCUT2D eigenvalue weighted by atomic mass is 16.4. The number of likely N-dealkylation sites (tertiary alicyclic amines) is 1. The molecule has 1 aliphatic rings. The molecule has 5 nitrogen and oxygen atoms in total. The van der Waals surface area contributed by atoms with Gasteiger partial charge < -0.3 is 15.3 Å². The van der Waals surface area contributed by atoms with Gasteiger partial charge in [-0.25, -0.2) is 9.59 Å². The van der Waals surface area contributed by atoms with Crippen molar-refractivity contribution in [2.45, 2.75) is 52.5 Å². The van der Waals surface area contributed by atoms with Crippen molar-refractivity contribution in [3.05, 3.63) is 0 Å². The van der Waals surface area contributed by atoms with Crippen molar-refractivity contribution in [1.82, 2.24) is 10.2 Å². The Bertz CT molecular complexity index is 318. The van der Waals surface area contributed by atoms with E-state index in [-0.39, 0.29) is 11.9 Å². The maximum atomic E-state index is 12.0. The van der Waals surface area contributed by atoms with E-state index in [1.54, 1.807) is 4.90 Å². The van der Waals surface area contributed by atoms with E-state index < -0.39 is 12.0 Å². The van der Waals surface area contributed by atoms with Crippen molar-refractivity contribution < 1.29 is 14.7 Å². The van der Waals surface area contributed by atoms with Gasteiger partial charge in [-0.3, -0.25) is 0 Å². The van der Waals surface area contributed by atoms with E-state index in [1.165, 1.54) is 0 Å². The minimum absolute atomic E-state index is 0.230. The van der Waals surface area contributed by atoms with Crippen LogP contribution in [0.3, 0.4) is 0 Å². The molecule has 0 aromatic rings. The molecule has 0 aromatic heterocycles. The zero-order chi connectivity index (χ0) is 14.4. The Labute approximate surface area is 115 Å². The van der Waals surface area contributed by atoms with Crippen LogP contribution in [0.1, 0.15) is 46.5 Å². The molecule has 0 radical (unpaired) electrons. The van der Waals surface area contributed by atoms with Gasteiger partial charge in [0.05, 0.1) is 0 Å². The van der Waals surface area contributed by atoms with E-state index >= 15 is 0 Å². The summed E-state index contributed by atoms with van der Waals surface area (Å²) in [5.41, 5.74) is 0. The van der Waals surface area contributed by atoms with Gasteiger partial charge in [0.25, 0.3) is 0 Å². The van der Waals surface area contributed by atoms with Crippen molar-refractivity contribution in [3.8, 4) is 0 Å². The lowest BCUT2D eigenvalue weighted by Crippen LogP contribution is -2.47. The molecule has 2 amide bonds. The zero-order valence-corrected chi connectivity index (χ0v) is 12.2. The Balaban J connectivity index is 2.47. The van der Waals surface area contributed by atoms with Crippen LogP contribution in [0.25, 0.3) is 0 Å². The van der Waals surface area contributed by atoms with Crippen LogP contribution in [0, 0.1) is 11.8 Å². The molecular formula is C14H26N2O3. The van der Waals surface area contributed by atoms with Crippen molar-refractivity contribution in [2.75, 3.05) is 13.1 Å². The first-order chi connectivity index (χ1) is 8.93. The third kappa shape index (κ3) is 5.09. The lowest BCUT2D eigenvalue weighted by atomic mass is 10.0. The summed E-state index contributed by atoms with van der Waals surface area (Å²) in [6, 6.07) is -1.01. The molecule has 0 bridgehead atoms. The topological polar surface area (TPSA) is 69.6 Å². The molecule has 2 atom stereocenters. The van der Waals surface area contributed by atoms with Crippen molar-refractivity contribution in [1.29, 1.82) is 0 Å². The zero-order valence-electron chi connectivity index (χ0n) is 12.2. The van der Waals surface area contributed by atoms with Gasteiger partial charge >= 0.3 is 12.0 Å². The molecule has 0 spiro atoms. The first kappa shape index (κ1) is 15.8. The smallest absolute Gasteiger partial charge is 0.326 e. The van der Waals surface area contributed by atoms with Crippen molar-refractivity contribution in [2.24, 2.45) is 11.8 Å². The highest BCUT2D eigenvalue weighted by Gasteiger charge is 2.28. The third-order valence-corrected chi connectivity index (χ3v) is 3.57. The quantitative estimate of drug-likeness (QED) is 0.778. The molecule has 1 heterocycles. The van der Waals surface area contributed by atoms with Gasteiger partial charge in [0.2, 0.25) is 0 Å². The first-order valence-corrected chi connectivity index (χ1v) is 7.22. The summed E-state index contributed by atoms with van der Waals surface area (Å²) in [5, 5.41) is 11.8. The lowest BCUT2D eigenvalue weighted by Gasteiger charge is -2.22. The highest BCUT2D eigenvalue weighted by Crippen LogP contribution is 2.20. The second-order valence-electron chi connectivity index (χ2n) is 5.86. The van der Waals surface area contributed by atoms with E-state index in [4.69, 9.17) is 5.11 Å². The summed E-state index contributed by atoms with van der Waals surface area (Å²) in [5.74, 6) is -0.136. The van der Waals surface area contributed by atoms with Gasteiger partial charge in [0, 0.05) is 13.1 Å². The van der Waals surface area contributed by atoms with Crippen LogP contribution >= 0.6 is 0 Å². The largest absolute Gasteiger partial charge is 0.480 e. The summed E-state index contributed by atoms with van der Waals surface area (Å²) in [7, 11) is 0. The molecule has 0 aromatic carbocycles. The van der Waals surface area contributed by atoms with Crippen LogP contribution in [0.4, 0.5) is 4.79 Å². The van der Waals surface area contributed by atoms with E-state index in [9.17, 15) is 9.59 Å². The van der Waals surface area contributed by atoms with Gasteiger partial charge in [-0.05, 0) is 31.1 Å². The summed E-state index contributed by atoms with van der Waals surface area (Å²) >= 11 is 0. The molecule has 1 unspecified atom stereocenters. The molecule has 0 aliphatic carbocycles. The Morgan fingerprint density at radius 1 is 1.42 bits per heavy atom. The molecule has 19 heavy (non-hydrogen) atoms. The number of carbonyl (C=O) groups is 2. The maximum absolute atomic E-state index is 12.0. The van der Waals surface area contributed by atoms with Crippen LogP contribution in [-0.4, -0.2) is 41.1 Å². The molecule has 1 saturated heterocycles. The number of urea groups is 1. The number of amides is 2. The summed E-state index contributed by atoms with van der Waals surface area (Å²) in [6.45, 7) is 7.55. The van der Waals surface area contributed by atoms with Gasteiger partial charge in [0.1, 0.15) is 6.04 Å². The third-order valence-electron chi connectivity index (χ3n) is 3.57. The predicted octanol–water partition coefficient (Wildman–Crippen LogP) is 2.32. The predicted molar refractivity (Wildman–Crippen MR) is 74.0 cm³/mol. The number of aliphatic carboxylic acids is 1. The normalized spacial score (nSPS) is 20.6. The van der Waals surface area contributed by atoms with Crippen LogP contribution in [0.5, 0.6) is 0 Å². The number of nitrogens with one attached hydrogen (secondary N) is 1. The highest BCUT2D eigenvalue weighted by molar-refractivity contribution is 5.82. The first-order valence-electron chi connectivity index (χ1n) is 7.22. The Kier molecular flexibility index (Phi) is 6.12. The summed E-state index contributed by atoms with van der Waals surface area (Å²) in [6.07, 6.45) is 3.76. The fourth-order valence-electron chi connectivity index (χ4n) is 2.59. The Morgan fingerprint density at radius 3 is 2.63 bits per heavy atom. The average molecular weight is 270 g/mol. The number of hydrogen-bond donors (Lipinski definition) is 2. The second kappa shape index (κ2) is 7.36. The molecule has 5 heteroatoms. The molecule has 1 fully saturated rings. The molecule has 110 valence electrons. The Hall–Kier alpha value is -1.26. The van der Waals surface area contributed by atoms with Gasteiger partial charge in [-0.2, -0.15) is 0 Å². The second-order valence-corrected chi connectivity index (χ2v) is 5.86. The lowest BCUT2D eigenvalue weighted by molar-refractivity contribution is -0.139. The van der Waals surface area contributed by atoms with E-state index in [0.717, 1.165) is 32.4 Å². The van der Waals surface area contributed by atoms with Crippen LogP contribution in [0.2, 0.25) is 0 Å². The monoisotopic (exact) mass is 270 g/mol. The molecule has 1 rings (SSSR count). The number of nitrogens with zero attached hydrogens (tertiary/aromatic N) is 1. The number of rotatable bonds is 6. The van der Waals surface area contributed by atoms with Gasteiger partial charge in [0.15, 0.2) is 0 Å².